The van der Waals surface area contributed by atoms with Gasteiger partial charge in [-0.2, -0.15) is 0 Å². The number of hydrogen-bond acceptors (Lipinski definition) is 3. The Kier molecular flexibility index (Phi) is 4.80. The highest BCUT2D eigenvalue weighted by Gasteiger charge is 2.41. The third kappa shape index (κ3) is 3.63. The first-order valence-electron chi connectivity index (χ1n) is 7.21. The molecule has 1 aliphatic carbocycles. The highest BCUT2D eigenvalue weighted by molar-refractivity contribution is 5.96. The first-order valence-corrected chi connectivity index (χ1v) is 7.21. The molecule has 0 spiro atoms. The molecule has 22 heavy (non-hydrogen) atoms. The summed E-state index contributed by atoms with van der Waals surface area (Å²) in [4.78, 5) is 36.1. The SMILES string of the molecule is CN(C)C(=O)Cc1ccc(NC(=O)C2CCC2C(=O)O)cc1. The Bertz CT molecular complexity index is 580. The number of amides is 2. The molecule has 2 atom stereocenters. The zero-order valence-corrected chi connectivity index (χ0v) is 12.7. The maximum absolute atomic E-state index is 12.0. The molecule has 0 aromatic heterocycles. The van der Waals surface area contributed by atoms with E-state index in [4.69, 9.17) is 5.11 Å². The van der Waals surface area contributed by atoms with Crippen molar-refractivity contribution in [2.24, 2.45) is 11.8 Å². The van der Waals surface area contributed by atoms with E-state index in [0.717, 1.165) is 5.56 Å². The number of carboxylic acid groups (broad SMARTS) is 1. The van der Waals surface area contributed by atoms with Gasteiger partial charge in [0.05, 0.1) is 18.3 Å². The number of carboxylic acids is 1. The van der Waals surface area contributed by atoms with E-state index in [-0.39, 0.29) is 11.8 Å². The maximum Gasteiger partial charge on any atom is 0.307 e. The Morgan fingerprint density at radius 2 is 1.73 bits per heavy atom. The lowest BCUT2D eigenvalue weighted by atomic mass is 9.73. The van der Waals surface area contributed by atoms with Gasteiger partial charge in [-0.1, -0.05) is 12.1 Å². The third-order valence-electron chi connectivity index (χ3n) is 4.00. The Balaban J connectivity index is 1.92. The van der Waals surface area contributed by atoms with Crippen molar-refractivity contribution in [2.45, 2.75) is 19.3 Å². The molecule has 0 bridgehead atoms. The summed E-state index contributed by atoms with van der Waals surface area (Å²) >= 11 is 0. The van der Waals surface area contributed by atoms with Crippen LogP contribution in [0.15, 0.2) is 24.3 Å². The number of anilines is 1. The molecular formula is C16H20N2O4. The first-order chi connectivity index (χ1) is 10.4. The van der Waals surface area contributed by atoms with Gasteiger partial charge in [-0.05, 0) is 30.5 Å². The molecule has 0 radical (unpaired) electrons. The van der Waals surface area contributed by atoms with Gasteiger partial charge in [-0.3, -0.25) is 14.4 Å². The Labute approximate surface area is 129 Å². The molecule has 2 amide bonds. The van der Waals surface area contributed by atoms with Crippen LogP contribution in [0.5, 0.6) is 0 Å². The fourth-order valence-electron chi connectivity index (χ4n) is 2.38. The van der Waals surface area contributed by atoms with Gasteiger partial charge in [0.2, 0.25) is 11.8 Å². The predicted octanol–water partition coefficient (Wildman–Crippen LogP) is 1.37. The van der Waals surface area contributed by atoms with Crippen molar-refractivity contribution in [1.82, 2.24) is 4.90 Å². The maximum atomic E-state index is 12.0. The monoisotopic (exact) mass is 304 g/mol. The van der Waals surface area contributed by atoms with Crippen LogP contribution in [0.4, 0.5) is 5.69 Å². The highest BCUT2D eigenvalue weighted by Crippen LogP contribution is 2.35. The molecule has 1 aromatic carbocycles. The van der Waals surface area contributed by atoms with E-state index in [1.807, 2.05) is 0 Å². The minimum atomic E-state index is -0.913. The second-order valence-electron chi connectivity index (χ2n) is 5.78. The van der Waals surface area contributed by atoms with E-state index in [1.54, 1.807) is 38.4 Å². The van der Waals surface area contributed by atoms with Crippen molar-refractivity contribution in [1.29, 1.82) is 0 Å². The van der Waals surface area contributed by atoms with E-state index < -0.39 is 17.8 Å². The number of nitrogens with one attached hydrogen (secondary N) is 1. The van der Waals surface area contributed by atoms with Crippen LogP contribution in [-0.4, -0.2) is 41.9 Å². The summed E-state index contributed by atoms with van der Waals surface area (Å²) in [6.45, 7) is 0. The van der Waals surface area contributed by atoms with Gasteiger partial charge >= 0.3 is 5.97 Å². The zero-order valence-electron chi connectivity index (χ0n) is 12.7. The summed E-state index contributed by atoms with van der Waals surface area (Å²) < 4.78 is 0. The molecule has 0 saturated heterocycles. The molecule has 6 heteroatoms. The van der Waals surface area contributed by atoms with Crippen LogP contribution in [-0.2, 0) is 20.8 Å². The summed E-state index contributed by atoms with van der Waals surface area (Å²) in [5, 5.41) is 11.7. The fourth-order valence-corrected chi connectivity index (χ4v) is 2.38. The number of hydrogen-bond donors (Lipinski definition) is 2. The summed E-state index contributed by atoms with van der Waals surface area (Å²) in [6.07, 6.45) is 1.47. The molecule has 2 unspecified atom stereocenters. The van der Waals surface area contributed by atoms with E-state index in [2.05, 4.69) is 5.32 Å². The standard InChI is InChI=1S/C16H20N2O4/c1-18(2)14(19)9-10-3-5-11(6-4-10)17-15(20)12-7-8-13(12)16(21)22/h3-6,12-13H,7-9H2,1-2H3,(H,17,20)(H,21,22). The molecular weight excluding hydrogens is 284 g/mol. The van der Waals surface area contributed by atoms with Gasteiger partial charge in [0.15, 0.2) is 0 Å². The molecule has 6 nitrogen and oxygen atoms in total. The van der Waals surface area contributed by atoms with Crippen molar-refractivity contribution in [2.75, 3.05) is 19.4 Å². The quantitative estimate of drug-likeness (QED) is 0.860. The average molecular weight is 304 g/mol. The number of carbonyl (C=O) groups excluding carboxylic acids is 2. The van der Waals surface area contributed by atoms with Crippen LogP contribution < -0.4 is 5.32 Å². The van der Waals surface area contributed by atoms with Crippen LogP contribution in [0.1, 0.15) is 18.4 Å². The number of carbonyl (C=O) groups is 3. The van der Waals surface area contributed by atoms with Crippen molar-refractivity contribution in [3.05, 3.63) is 29.8 Å². The lowest BCUT2D eigenvalue weighted by molar-refractivity contribution is -0.151. The van der Waals surface area contributed by atoms with Crippen LogP contribution in [0, 0.1) is 11.8 Å². The van der Waals surface area contributed by atoms with Crippen LogP contribution in [0.2, 0.25) is 0 Å². The number of nitrogens with zero attached hydrogens (tertiary/aromatic N) is 1. The van der Waals surface area contributed by atoms with Gasteiger partial charge in [0, 0.05) is 19.8 Å². The van der Waals surface area contributed by atoms with E-state index in [1.165, 1.54) is 4.90 Å². The highest BCUT2D eigenvalue weighted by atomic mass is 16.4. The molecule has 118 valence electrons. The number of likely N-dealkylation sites (N-methyl/N-ethyl adjacent to an activating group) is 1. The van der Waals surface area contributed by atoms with Gasteiger partial charge < -0.3 is 15.3 Å². The molecule has 1 aromatic rings. The molecule has 2 N–H and O–H groups in total. The summed E-state index contributed by atoms with van der Waals surface area (Å²) in [6, 6.07) is 7.02. The summed E-state index contributed by atoms with van der Waals surface area (Å²) in [5.74, 6) is -2.18. The first kappa shape index (κ1) is 16.0. The predicted molar refractivity (Wildman–Crippen MR) is 81.3 cm³/mol. The van der Waals surface area contributed by atoms with E-state index in [9.17, 15) is 14.4 Å². The van der Waals surface area contributed by atoms with Crippen molar-refractivity contribution >= 4 is 23.5 Å². The smallest absolute Gasteiger partial charge is 0.307 e. The van der Waals surface area contributed by atoms with Gasteiger partial charge in [-0.25, -0.2) is 0 Å². The second-order valence-corrected chi connectivity index (χ2v) is 5.78. The van der Waals surface area contributed by atoms with Gasteiger partial charge in [0.1, 0.15) is 0 Å². The normalized spacial score (nSPS) is 19.9. The minimum absolute atomic E-state index is 0.00977. The molecule has 1 fully saturated rings. The molecule has 1 saturated carbocycles. The molecule has 0 heterocycles. The van der Waals surface area contributed by atoms with Crippen LogP contribution in [0.25, 0.3) is 0 Å². The van der Waals surface area contributed by atoms with Gasteiger partial charge in [0.25, 0.3) is 0 Å². The van der Waals surface area contributed by atoms with Crippen molar-refractivity contribution in [3.8, 4) is 0 Å². The Hall–Kier alpha value is -2.37. The topological polar surface area (TPSA) is 86.7 Å². The average Bonchev–Trinajstić information content (AvgIpc) is 2.38. The Morgan fingerprint density at radius 1 is 1.14 bits per heavy atom. The van der Waals surface area contributed by atoms with Crippen molar-refractivity contribution < 1.29 is 19.5 Å². The molecule has 0 aliphatic heterocycles. The third-order valence-corrected chi connectivity index (χ3v) is 4.00. The van der Waals surface area contributed by atoms with Crippen molar-refractivity contribution in [3.63, 3.8) is 0 Å². The fraction of sp³-hybridized carbons (Fsp3) is 0.438. The van der Waals surface area contributed by atoms with Crippen LogP contribution in [0.3, 0.4) is 0 Å². The number of aliphatic carboxylic acids is 1. The summed E-state index contributed by atoms with van der Waals surface area (Å²) in [7, 11) is 3.41. The number of rotatable bonds is 5. The number of benzene rings is 1. The summed E-state index contributed by atoms with van der Waals surface area (Å²) in [5.41, 5.74) is 1.48. The lowest BCUT2D eigenvalue weighted by Crippen LogP contribution is -2.41. The van der Waals surface area contributed by atoms with E-state index >= 15 is 0 Å². The van der Waals surface area contributed by atoms with Gasteiger partial charge in [-0.15, -0.1) is 0 Å². The van der Waals surface area contributed by atoms with E-state index in [0.29, 0.717) is 24.9 Å². The molecule has 2 rings (SSSR count). The Morgan fingerprint density at radius 3 is 2.18 bits per heavy atom. The van der Waals surface area contributed by atoms with Crippen LogP contribution >= 0.6 is 0 Å². The minimum Gasteiger partial charge on any atom is -0.481 e. The second kappa shape index (κ2) is 6.60. The zero-order chi connectivity index (χ0) is 16.3. The lowest BCUT2D eigenvalue weighted by Gasteiger charge is -2.31. The largest absolute Gasteiger partial charge is 0.481 e. The molecule has 1 aliphatic rings.